The van der Waals surface area contributed by atoms with Crippen LogP contribution in [-0.4, -0.2) is 18.5 Å². The average molecular weight is 332 g/mol. The topological polar surface area (TPSA) is 55.4 Å². The standard InChI is InChI=1S/C18H18ClNO3/c1-4-23-18(22)15-10-13(6-8-16(15)19)20-17(21)14-7-5-11(2)9-12(14)3/h5-10H,4H2,1-3H3,(H,20,21). The molecule has 0 saturated heterocycles. The van der Waals surface area contributed by atoms with Crippen molar-refractivity contribution in [3.63, 3.8) is 0 Å². The molecule has 0 aliphatic carbocycles. The fourth-order valence-corrected chi connectivity index (χ4v) is 2.43. The van der Waals surface area contributed by atoms with Gasteiger partial charge < -0.3 is 10.1 Å². The average Bonchev–Trinajstić information content (AvgIpc) is 2.49. The lowest BCUT2D eigenvalue weighted by molar-refractivity contribution is 0.0526. The quantitative estimate of drug-likeness (QED) is 0.845. The lowest BCUT2D eigenvalue weighted by Crippen LogP contribution is -2.14. The Labute approximate surface area is 140 Å². The Kier molecular flexibility index (Phi) is 5.40. The van der Waals surface area contributed by atoms with Crippen LogP contribution in [0, 0.1) is 13.8 Å². The summed E-state index contributed by atoms with van der Waals surface area (Å²) in [5.41, 5.74) is 3.29. The normalized spacial score (nSPS) is 10.3. The summed E-state index contributed by atoms with van der Waals surface area (Å²) in [5, 5.41) is 3.06. The van der Waals surface area contributed by atoms with E-state index in [2.05, 4.69) is 5.32 Å². The smallest absolute Gasteiger partial charge is 0.339 e. The number of carbonyl (C=O) groups excluding carboxylic acids is 2. The van der Waals surface area contributed by atoms with Gasteiger partial charge in [-0.25, -0.2) is 4.79 Å². The highest BCUT2D eigenvalue weighted by Gasteiger charge is 2.14. The maximum absolute atomic E-state index is 12.4. The Bertz CT molecular complexity index is 756. The van der Waals surface area contributed by atoms with E-state index in [4.69, 9.17) is 16.3 Å². The van der Waals surface area contributed by atoms with Gasteiger partial charge in [0.2, 0.25) is 0 Å². The molecule has 4 nitrogen and oxygen atoms in total. The predicted molar refractivity (Wildman–Crippen MR) is 91.3 cm³/mol. The zero-order valence-corrected chi connectivity index (χ0v) is 14.0. The number of carbonyl (C=O) groups is 2. The third kappa shape index (κ3) is 4.11. The van der Waals surface area contributed by atoms with E-state index in [-0.39, 0.29) is 23.1 Å². The number of nitrogens with one attached hydrogen (secondary N) is 1. The second kappa shape index (κ2) is 7.29. The van der Waals surface area contributed by atoms with Crippen molar-refractivity contribution in [3.05, 3.63) is 63.7 Å². The number of amides is 1. The van der Waals surface area contributed by atoms with E-state index in [1.807, 2.05) is 26.0 Å². The van der Waals surface area contributed by atoms with Crippen molar-refractivity contribution in [2.75, 3.05) is 11.9 Å². The van der Waals surface area contributed by atoms with Crippen LogP contribution in [0.1, 0.15) is 38.8 Å². The molecule has 0 aliphatic rings. The number of halogens is 1. The molecule has 0 bridgehead atoms. The minimum absolute atomic E-state index is 0.229. The predicted octanol–water partition coefficient (Wildman–Crippen LogP) is 4.39. The summed E-state index contributed by atoms with van der Waals surface area (Å²) in [4.78, 5) is 24.2. The summed E-state index contributed by atoms with van der Waals surface area (Å²) in [7, 11) is 0. The third-order valence-corrected chi connectivity index (χ3v) is 3.68. The van der Waals surface area contributed by atoms with Gasteiger partial charge >= 0.3 is 5.97 Å². The largest absolute Gasteiger partial charge is 0.462 e. The van der Waals surface area contributed by atoms with Crippen LogP contribution in [-0.2, 0) is 4.74 Å². The molecule has 0 spiro atoms. The highest BCUT2D eigenvalue weighted by molar-refractivity contribution is 6.33. The monoisotopic (exact) mass is 331 g/mol. The number of benzene rings is 2. The molecule has 0 radical (unpaired) electrons. The van der Waals surface area contributed by atoms with Gasteiger partial charge in [-0.3, -0.25) is 4.79 Å². The lowest BCUT2D eigenvalue weighted by atomic mass is 10.1. The Morgan fingerprint density at radius 2 is 1.83 bits per heavy atom. The maximum Gasteiger partial charge on any atom is 0.339 e. The van der Waals surface area contributed by atoms with Gasteiger partial charge in [-0.1, -0.05) is 29.3 Å². The van der Waals surface area contributed by atoms with Crippen molar-refractivity contribution in [1.82, 2.24) is 0 Å². The van der Waals surface area contributed by atoms with Crippen LogP contribution in [0.2, 0.25) is 5.02 Å². The third-order valence-electron chi connectivity index (χ3n) is 3.35. The number of hydrogen-bond acceptors (Lipinski definition) is 3. The Hall–Kier alpha value is -2.33. The van der Waals surface area contributed by atoms with Crippen molar-refractivity contribution in [3.8, 4) is 0 Å². The van der Waals surface area contributed by atoms with Crippen molar-refractivity contribution in [2.45, 2.75) is 20.8 Å². The summed E-state index contributed by atoms with van der Waals surface area (Å²) in [5.74, 6) is -0.750. The van der Waals surface area contributed by atoms with Crippen molar-refractivity contribution >= 4 is 29.2 Å². The molecule has 0 heterocycles. The molecular weight excluding hydrogens is 314 g/mol. The highest BCUT2D eigenvalue weighted by atomic mass is 35.5. The van der Waals surface area contributed by atoms with Gasteiger partial charge in [0, 0.05) is 11.3 Å². The molecule has 1 amide bonds. The molecule has 0 aliphatic heterocycles. The van der Waals surface area contributed by atoms with E-state index in [0.717, 1.165) is 11.1 Å². The molecule has 0 atom stereocenters. The van der Waals surface area contributed by atoms with E-state index < -0.39 is 5.97 Å². The summed E-state index contributed by atoms with van der Waals surface area (Å²) in [6, 6.07) is 10.3. The minimum atomic E-state index is -0.514. The molecular formula is C18H18ClNO3. The van der Waals surface area contributed by atoms with E-state index in [0.29, 0.717) is 11.3 Å². The zero-order valence-electron chi connectivity index (χ0n) is 13.3. The van der Waals surface area contributed by atoms with Gasteiger partial charge in [0.15, 0.2) is 0 Å². The molecule has 0 fully saturated rings. The molecule has 0 saturated carbocycles. The minimum Gasteiger partial charge on any atom is -0.462 e. The molecule has 0 unspecified atom stereocenters. The second-order valence-electron chi connectivity index (χ2n) is 5.19. The summed E-state index contributed by atoms with van der Waals surface area (Å²) in [6.45, 7) is 5.83. The first kappa shape index (κ1) is 17.0. The Morgan fingerprint density at radius 1 is 1.09 bits per heavy atom. The second-order valence-corrected chi connectivity index (χ2v) is 5.59. The van der Waals surface area contributed by atoms with E-state index in [1.165, 1.54) is 6.07 Å². The molecule has 2 aromatic rings. The van der Waals surface area contributed by atoms with E-state index in [1.54, 1.807) is 25.1 Å². The number of esters is 1. The van der Waals surface area contributed by atoms with Crippen molar-refractivity contribution in [1.29, 1.82) is 0 Å². The number of aryl methyl sites for hydroxylation is 2. The molecule has 0 aromatic heterocycles. The molecule has 5 heteroatoms. The summed E-state index contributed by atoms with van der Waals surface area (Å²) < 4.78 is 4.95. The first-order valence-corrected chi connectivity index (χ1v) is 7.65. The van der Waals surface area contributed by atoms with Crippen LogP contribution in [0.5, 0.6) is 0 Å². The van der Waals surface area contributed by atoms with Crippen molar-refractivity contribution < 1.29 is 14.3 Å². The van der Waals surface area contributed by atoms with Gasteiger partial charge in [0.25, 0.3) is 5.91 Å². The van der Waals surface area contributed by atoms with Crippen LogP contribution in [0.3, 0.4) is 0 Å². The Morgan fingerprint density at radius 3 is 2.48 bits per heavy atom. The van der Waals surface area contributed by atoms with E-state index in [9.17, 15) is 9.59 Å². The highest BCUT2D eigenvalue weighted by Crippen LogP contribution is 2.22. The first-order valence-electron chi connectivity index (χ1n) is 7.27. The molecule has 2 aromatic carbocycles. The number of ether oxygens (including phenoxy) is 1. The van der Waals surface area contributed by atoms with Gasteiger partial charge in [-0.15, -0.1) is 0 Å². The first-order chi connectivity index (χ1) is 10.9. The van der Waals surface area contributed by atoms with Crippen LogP contribution in [0.15, 0.2) is 36.4 Å². The van der Waals surface area contributed by atoms with Gasteiger partial charge in [0.1, 0.15) is 0 Å². The number of rotatable bonds is 4. The number of hydrogen-bond donors (Lipinski definition) is 1. The maximum atomic E-state index is 12.4. The SMILES string of the molecule is CCOC(=O)c1cc(NC(=O)c2ccc(C)cc2C)ccc1Cl. The lowest BCUT2D eigenvalue weighted by Gasteiger charge is -2.10. The van der Waals surface area contributed by atoms with Gasteiger partial charge in [-0.2, -0.15) is 0 Å². The molecule has 120 valence electrons. The van der Waals surface area contributed by atoms with Gasteiger partial charge in [0.05, 0.1) is 17.2 Å². The van der Waals surface area contributed by atoms with Crippen LogP contribution in [0.4, 0.5) is 5.69 Å². The molecule has 23 heavy (non-hydrogen) atoms. The van der Waals surface area contributed by atoms with Gasteiger partial charge in [-0.05, 0) is 50.6 Å². The Balaban J connectivity index is 2.24. The summed E-state index contributed by atoms with van der Waals surface area (Å²) in [6.07, 6.45) is 0. The van der Waals surface area contributed by atoms with Crippen LogP contribution >= 0.6 is 11.6 Å². The molecule has 1 N–H and O–H groups in total. The van der Waals surface area contributed by atoms with E-state index >= 15 is 0 Å². The van der Waals surface area contributed by atoms with Crippen LogP contribution < -0.4 is 5.32 Å². The van der Waals surface area contributed by atoms with Crippen LogP contribution in [0.25, 0.3) is 0 Å². The van der Waals surface area contributed by atoms with Crippen molar-refractivity contribution in [2.24, 2.45) is 0 Å². The number of anilines is 1. The fraction of sp³-hybridized carbons (Fsp3) is 0.222. The molecule has 2 rings (SSSR count). The zero-order chi connectivity index (χ0) is 17.0. The summed E-state index contributed by atoms with van der Waals surface area (Å²) >= 11 is 6.01. The fourth-order valence-electron chi connectivity index (χ4n) is 2.24.